The van der Waals surface area contributed by atoms with Gasteiger partial charge in [-0.2, -0.15) is 5.26 Å². The summed E-state index contributed by atoms with van der Waals surface area (Å²) in [6.45, 7) is 4.40. The van der Waals surface area contributed by atoms with Crippen LogP contribution in [0, 0.1) is 17.2 Å². The molecule has 1 aliphatic rings. The number of hydrogen-bond donors (Lipinski definition) is 0. The van der Waals surface area contributed by atoms with E-state index in [2.05, 4.69) is 0 Å². The molecule has 0 bridgehead atoms. The Morgan fingerprint density at radius 1 is 1.57 bits per heavy atom. The van der Waals surface area contributed by atoms with E-state index in [0.717, 1.165) is 19.4 Å². The number of carbonyl (C=O) groups is 1. The number of amides is 1. The lowest BCUT2D eigenvalue weighted by Gasteiger charge is -2.28. The van der Waals surface area contributed by atoms with E-state index >= 15 is 0 Å². The van der Waals surface area contributed by atoms with Crippen LogP contribution in [0.25, 0.3) is 0 Å². The molecular weight excluding hydrogens is 176 g/mol. The summed E-state index contributed by atoms with van der Waals surface area (Å²) in [5, 5.41) is 8.69. The average Bonchev–Trinajstić information content (AvgIpc) is 2.71. The topological polar surface area (TPSA) is 44.1 Å². The molecule has 1 unspecified atom stereocenters. The lowest BCUT2D eigenvalue weighted by molar-refractivity contribution is -0.135. The first-order chi connectivity index (χ1) is 6.70. The maximum atomic E-state index is 11.8. The Labute approximate surface area is 85.7 Å². The fourth-order valence-corrected chi connectivity index (χ4v) is 2.11. The highest BCUT2D eigenvalue weighted by Crippen LogP contribution is 2.24. The summed E-state index contributed by atoms with van der Waals surface area (Å²) in [5.41, 5.74) is 0. The van der Waals surface area contributed by atoms with Crippen molar-refractivity contribution in [3.63, 3.8) is 0 Å². The summed E-state index contributed by atoms with van der Waals surface area (Å²) in [6.07, 6.45) is 4.65. The van der Waals surface area contributed by atoms with Gasteiger partial charge in [0.2, 0.25) is 5.91 Å². The standard InChI is InChI=1S/C11H18N2O/c1-3-13(10-6-4-5-7-10)11(14)9(2)8-12/h9-10H,3-7H2,1-2H3. The minimum Gasteiger partial charge on any atom is -0.339 e. The first-order valence-electron chi connectivity index (χ1n) is 5.40. The lowest BCUT2D eigenvalue weighted by Crippen LogP contribution is -2.41. The van der Waals surface area contributed by atoms with Crippen molar-refractivity contribution >= 4 is 5.91 Å². The number of nitriles is 1. The normalized spacial score (nSPS) is 18.9. The van der Waals surface area contributed by atoms with Crippen LogP contribution in [-0.2, 0) is 4.79 Å². The van der Waals surface area contributed by atoms with Gasteiger partial charge in [-0.1, -0.05) is 12.8 Å². The van der Waals surface area contributed by atoms with Crippen LogP contribution in [0.2, 0.25) is 0 Å². The quantitative estimate of drug-likeness (QED) is 0.689. The summed E-state index contributed by atoms with van der Waals surface area (Å²) in [7, 11) is 0. The molecule has 1 amide bonds. The molecule has 1 atom stereocenters. The van der Waals surface area contributed by atoms with Gasteiger partial charge in [0.1, 0.15) is 5.92 Å². The van der Waals surface area contributed by atoms with Gasteiger partial charge in [-0.15, -0.1) is 0 Å². The van der Waals surface area contributed by atoms with Crippen molar-refractivity contribution in [2.24, 2.45) is 5.92 Å². The zero-order valence-electron chi connectivity index (χ0n) is 8.99. The molecule has 0 spiro atoms. The number of nitrogens with zero attached hydrogens (tertiary/aromatic N) is 2. The fourth-order valence-electron chi connectivity index (χ4n) is 2.11. The smallest absolute Gasteiger partial charge is 0.239 e. The monoisotopic (exact) mass is 194 g/mol. The molecule has 0 aromatic heterocycles. The Morgan fingerprint density at radius 3 is 2.57 bits per heavy atom. The summed E-state index contributed by atoms with van der Waals surface area (Å²) in [5.74, 6) is -0.488. The Bertz CT molecular complexity index is 238. The highest BCUT2D eigenvalue weighted by Gasteiger charge is 2.27. The fraction of sp³-hybridized carbons (Fsp3) is 0.818. The second kappa shape index (κ2) is 4.99. The van der Waals surface area contributed by atoms with Crippen molar-refractivity contribution in [1.29, 1.82) is 5.26 Å². The largest absolute Gasteiger partial charge is 0.339 e. The molecule has 14 heavy (non-hydrogen) atoms. The van der Waals surface area contributed by atoms with Crippen LogP contribution < -0.4 is 0 Å². The molecule has 0 saturated heterocycles. The highest BCUT2D eigenvalue weighted by atomic mass is 16.2. The molecule has 1 saturated carbocycles. The van der Waals surface area contributed by atoms with Gasteiger partial charge in [0.15, 0.2) is 0 Å². The van der Waals surface area contributed by atoms with E-state index in [1.165, 1.54) is 12.8 Å². The van der Waals surface area contributed by atoms with Crippen molar-refractivity contribution < 1.29 is 4.79 Å². The Balaban J connectivity index is 2.61. The van der Waals surface area contributed by atoms with Crippen LogP contribution in [0.1, 0.15) is 39.5 Å². The molecule has 78 valence electrons. The minimum absolute atomic E-state index is 0.00176. The third-order valence-electron chi connectivity index (χ3n) is 2.95. The second-order valence-electron chi connectivity index (χ2n) is 3.91. The number of carbonyl (C=O) groups excluding carboxylic acids is 1. The average molecular weight is 194 g/mol. The van der Waals surface area contributed by atoms with E-state index in [1.54, 1.807) is 6.92 Å². The second-order valence-corrected chi connectivity index (χ2v) is 3.91. The van der Waals surface area contributed by atoms with E-state index in [4.69, 9.17) is 5.26 Å². The Kier molecular flexibility index (Phi) is 3.94. The van der Waals surface area contributed by atoms with Gasteiger partial charge in [0, 0.05) is 12.6 Å². The van der Waals surface area contributed by atoms with Crippen LogP contribution >= 0.6 is 0 Å². The molecule has 1 aliphatic carbocycles. The Hall–Kier alpha value is -1.04. The van der Waals surface area contributed by atoms with Gasteiger partial charge < -0.3 is 4.90 Å². The maximum Gasteiger partial charge on any atom is 0.239 e. The lowest BCUT2D eigenvalue weighted by atomic mass is 10.1. The molecule has 3 nitrogen and oxygen atoms in total. The van der Waals surface area contributed by atoms with Gasteiger partial charge in [-0.25, -0.2) is 0 Å². The zero-order chi connectivity index (χ0) is 10.6. The first-order valence-corrected chi connectivity index (χ1v) is 5.40. The van der Waals surface area contributed by atoms with Crippen molar-refractivity contribution in [2.45, 2.75) is 45.6 Å². The van der Waals surface area contributed by atoms with Crippen molar-refractivity contribution in [2.75, 3.05) is 6.54 Å². The highest BCUT2D eigenvalue weighted by molar-refractivity contribution is 5.81. The van der Waals surface area contributed by atoms with E-state index in [9.17, 15) is 4.79 Å². The van der Waals surface area contributed by atoms with Crippen molar-refractivity contribution in [3.8, 4) is 6.07 Å². The third kappa shape index (κ3) is 2.25. The number of hydrogen-bond acceptors (Lipinski definition) is 2. The predicted octanol–water partition coefficient (Wildman–Crippen LogP) is 1.94. The van der Waals surface area contributed by atoms with Crippen LogP contribution in [0.3, 0.4) is 0 Å². The SMILES string of the molecule is CCN(C(=O)C(C)C#N)C1CCCC1. The predicted molar refractivity (Wildman–Crippen MR) is 54.4 cm³/mol. The summed E-state index contributed by atoms with van der Waals surface area (Å²) in [6, 6.07) is 2.40. The van der Waals surface area contributed by atoms with E-state index < -0.39 is 5.92 Å². The van der Waals surface area contributed by atoms with Crippen LogP contribution in [-0.4, -0.2) is 23.4 Å². The molecule has 0 radical (unpaired) electrons. The van der Waals surface area contributed by atoms with Crippen LogP contribution in [0.4, 0.5) is 0 Å². The van der Waals surface area contributed by atoms with Crippen molar-refractivity contribution in [1.82, 2.24) is 4.90 Å². The van der Waals surface area contributed by atoms with E-state index in [1.807, 2.05) is 17.9 Å². The molecule has 3 heteroatoms. The van der Waals surface area contributed by atoms with E-state index in [0.29, 0.717) is 6.04 Å². The van der Waals surface area contributed by atoms with Crippen molar-refractivity contribution in [3.05, 3.63) is 0 Å². The molecule has 0 N–H and O–H groups in total. The van der Waals surface area contributed by atoms with Gasteiger partial charge >= 0.3 is 0 Å². The molecule has 1 fully saturated rings. The van der Waals surface area contributed by atoms with Gasteiger partial charge in [-0.3, -0.25) is 4.79 Å². The summed E-state index contributed by atoms with van der Waals surface area (Å²) >= 11 is 0. The molecule has 0 aliphatic heterocycles. The number of rotatable bonds is 3. The molecular formula is C11H18N2O. The molecule has 0 heterocycles. The summed E-state index contributed by atoms with van der Waals surface area (Å²) < 4.78 is 0. The minimum atomic E-state index is -0.490. The Morgan fingerprint density at radius 2 is 2.14 bits per heavy atom. The zero-order valence-corrected chi connectivity index (χ0v) is 8.99. The van der Waals surface area contributed by atoms with Gasteiger partial charge in [0.25, 0.3) is 0 Å². The van der Waals surface area contributed by atoms with Gasteiger partial charge in [0.05, 0.1) is 6.07 Å². The van der Waals surface area contributed by atoms with Gasteiger partial charge in [-0.05, 0) is 26.7 Å². The molecule has 0 aromatic carbocycles. The van der Waals surface area contributed by atoms with E-state index in [-0.39, 0.29) is 5.91 Å². The maximum absolute atomic E-state index is 11.8. The summed E-state index contributed by atoms with van der Waals surface area (Å²) in [4.78, 5) is 13.7. The van der Waals surface area contributed by atoms with Crippen LogP contribution in [0.15, 0.2) is 0 Å². The molecule has 0 aromatic rings. The van der Waals surface area contributed by atoms with Crippen LogP contribution in [0.5, 0.6) is 0 Å². The third-order valence-corrected chi connectivity index (χ3v) is 2.95. The molecule has 1 rings (SSSR count). The first kappa shape index (κ1) is 11.0.